The first-order valence-electron chi connectivity index (χ1n) is 7.33. The predicted octanol–water partition coefficient (Wildman–Crippen LogP) is 3.81. The molecule has 1 heterocycles. The van der Waals surface area contributed by atoms with Gasteiger partial charge in [0.2, 0.25) is 0 Å². The van der Waals surface area contributed by atoms with Gasteiger partial charge in [-0.15, -0.1) is 0 Å². The smallest absolute Gasteiger partial charge is 0.258 e. The van der Waals surface area contributed by atoms with E-state index < -0.39 is 0 Å². The van der Waals surface area contributed by atoms with Gasteiger partial charge in [-0.25, -0.2) is 0 Å². The maximum atomic E-state index is 12.8. The van der Waals surface area contributed by atoms with Gasteiger partial charge in [-0.1, -0.05) is 36.8 Å². The number of fused-ring (bicyclic) bond motifs is 1. The summed E-state index contributed by atoms with van der Waals surface area (Å²) < 4.78 is 5.92. The summed E-state index contributed by atoms with van der Waals surface area (Å²) in [6.07, 6.45) is 0.931. The number of para-hydroxylation sites is 2. The molecular formula is C18H19NO2. The van der Waals surface area contributed by atoms with Crippen LogP contribution in [0.4, 0.5) is 5.69 Å². The number of rotatable bonds is 2. The van der Waals surface area contributed by atoms with E-state index in [0.29, 0.717) is 12.1 Å². The van der Waals surface area contributed by atoms with Crippen molar-refractivity contribution in [3.8, 4) is 5.75 Å². The number of hydrogen-bond acceptors (Lipinski definition) is 2. The standard InChI is InChI=1S/C18H19NO2/c1-3-15-12-19(16-6-4-5-7-17(16)21-15)18(20)14-10-8-13(2)9-11-14/h4-11,15H,3,12H2,1-2H3. The summed E-state index contributed by atoms with van der Waals surface area (Å²) in [5.41, 5.74) is 2.72. The van der Waals surface area contributed by atoms with Gasteiger partial charge in [0.1, 0.15) is 11.9 Å². The van der Waals surface area contributed by atoms with Gasteiger partial charge in [0.15, 0.2) is 0 Å². The Bertz CT molecular complexity index is 649. The van der Waals surface area contributed by atoms with Crippen molar-refractivity contribution in [2.45, 2.75) is 26.4 Å². The molecule has 1 aliphatic rings. The Kier molecular flexibility index (Phi) is 3.65. The summed E-state index contributed by atoms with van der Waals surface area (Å²) in [6.45, 7) is 4.69. The zero-order chi connectivity index (χ0) is 14.8. The minimum absolute atomic E-state index is 0.0317. The second-order valence-electron chi connectivity index (χ2n) is 5.40. The van der Waals surface area contributed by atoms with Crippen molar-refractivity contribution >= 4 is 11.6 Å². The maximum Gasteiger partial charge on any atom is 0.258 e. The topological polar surface area (TPSA) is 29.5 Å². The molecule has 1 unspecified atom stereocenters. The first-order valence-corrected chi connectivity index (χ1v) is 7.33. The van der Waals surface area contributed by atoms with Crippen LogP contribution >= 0.6 is 0 Å². The van der Waals surface area contributed by atoms with E-state index in [1.807, 2.05) is 60.4 Å². The van der Waals surface area contributed by atoms with Gasteiger partial charge < -0.3 is 9.64 Å². The summed E-state index contributed by atoms with van der Waals surface area (Å²) in [5, 5.41) is 0. The van der Waals surface area contributed by atoms with E-state index in [4.69, 9.17) is 4.74 Å². The molecule has 0 radical (unpaired) electrons. The summed E-state index contributed by atoms with van der Waals surface area (Å²) >= 11 is 0. The Morgan fingerprint density at radius 2 is 1.90 bits per heavy atom. The van der Waals surface area contributed by atoms with Gasteiger partial charge in [-0.05, 0) is 37.6 Å². The van der Waals surface area contributed by atoms with Crippen LogP contribution in [0.1, 0.15) is 29.3 Å². The first kappa shape index (κ1) is 13.7. The van der Waals surface area contributed by atoms with Crippen LogP contribution in [0.15, 0.2) is 48.5 Å². The molecule has 2 aromatic rings. The molecule has 0 saturated heterocycles. The average molecular weight is 281 g/mol. The molecule has 0 bridgehead atoms. The lowest BCUT2D eigenvalue weighted by molar-refractivity contribution is 0.0954. The molecule has 0 aromatic heterocycles. The Hall–Kier alpha value is -2.29. The van der Waals surface area contributed by atoms with Gasteiger partial charge in [0.05, 0.1) is 12.2 Å². The molecule has 0 aliphatic carbocycles. The highest BCUT2D eigenvalue weighted by molar-refractivity contribution is 6.07. The quantitative estimate of drug-likeness (QED) is 0.837. The van der Waals surface area contributed by atoms with Crippen LogP contribution in [0, 0.1) is 6.92 Å². The van der Waals surface area contributed by atoms with E-state index >= 15 is 0 Å². The van der Waals surface area contributed by atoms with Crippen LogP contribution in [-0.2, 0) is 0 Å². The molecule has 1 aliphatic heterocycles. The highest BCUT2D eigenvalue weighted by Gasteiger charge is 2.29. The minimum atomic E-state index is 0.0317. The zero-order valence-corrected chi connectivity index (χ0v) is 12.4. The van der Waals surface area contributed by atoms with Crippen LogP contribution in [0.5, 0.6) is 5.75 Å². The lowest BCUT2D eigenvalue weighted by Crippen LogP contribution is -2.43. The van der Waals surface area contributed by atoms with Crippen molar-refractivity contribution in [1.82, 2.24) is 0 Å². The molecule has 3 rings (SSSR count). The largest absolute Gasteiger partial charge is 0.486 e. The van der Waals surface area contributed by atoms with E-state index in [1.165, 1.54) is 0 Å². The molecule has 3 nitrogen and oxygen atoms in total. The Morgan fingerprint density at radius 3 is 2.62 bits per heavy atom. The van der Waals surface area contributed by atoms with Gasteiger partial charge >= 0.3 is 0 Å². The van der Waals surface area contributed by atoms with Crippen LogP contribution in [-0.4, -0.2) is 18.6 Å². The highest BCUT2D eigenvalue weighted by atomic mass is 16.5. The molecule has 0 saturated carbocycles. The average Bonchev–Trinajstić information content (AvgIpc) is 2.53. The van der Waals surface area contributed by atoms with Gasteiger partial charge in [0.25, 0.3) is 5.91 Å². The summed E-state index contributed by atoms with van der Waals surface area (Å²) in [4.78, 5) is 14.6. The molecule has 21 heavy (non-hydrogen) atoms. The van der Waals surface area contributed by atoms with E-state index in [2.05, 4.69) is 6.92 Å². The lowest BCUT2D eigenvalue weighted by atomic mass is 10.1. The SMILES string of the molecule is CCC1CN(C(=O)c2ccc(C)cc2)c2ccccc2O1. The fraction of sp³-hybridized carbons (Fsp3) is 0.278. The zero-order valence-electron chi connectivity index (χ0n) is 12.4. The number of carbonyl (C=O) groups excluding carboxylic acids is 1. The lowest BCUT2D eigenvalue weighted by Gasteiger charge is -2.34. The summed E-state index contributed by atoms with van der Waals surface area (Å²) in [6, 6.07) is 15.4. The van der Waals surface area contributed by atoms with E-state index in [0.717, 1.165) is 23.4 Å². The molecule has 1 amide bonds. The number of ether oxygens (including phenoxy) is 1. The molecule has 0 spiro atoms. The molecule has 3 heteroatoms. The number of anilines is 1. The summed E-state index contributed by atoms with van der Waals surface area (Å²) in [5.74, 6) is 0.820. The van der Waals surface area contributed by atoms with Gasteiger partial charge in [-0.3, -0.25) is 4.79 Å². The molecule has 108 valence electrons. The van der Waals surface area contributed by atoms with Crippen molar-refractivity contribution in [3.05, 3.63) is 59.7 Å². The molecule has 2 aromatic carbocycles. The number of hydrogen-bond donors (Lipinski definition) is 0. The van der Waals surface area contributed by atoms with Crippen molar-refractivity contribution in [2.24, 2.45) is 0 Å². The second-order valence-corrected chi connectivity index (χ2v) is 5.40. The maximum absolute atomic E-state index is 12.8. The van der Waals surface area contributed by atoms with Gasteiger partial charge in [-0.2, -0.15) is 0 Å². The Morgan fingerprint density at radius 1 is 1.19 bits per heavy atom. The van der Waals surface area contributed by atoms with Gasteiger partial charge in [0, 0.05) is 5.56 Å². The van der Waals surface area contributed by atoms with Crippen molar-refractivity contribution < 1.29 is 9.53 Å². The number of amides is 1. The third-order valence-corrected chi connectivity index (χ3v) is 3.83. The monoisotopic (exact) mass is 281 g/mol. The molecule has 1 atom stereocenters. The number of nitrogens with zero attached hydrogens (tertiary/aromatic N) is 1. The predicted molar refractivity (Wildman–Crippen MR) is 84.0 cm³/mol. The Balaban J connectivity index is 1.97. The molecule has 0 N–H and O–H groups in total. The molecule has 0 fully saturated rings. The van der Waals surface area contributed by atoms with Crippen molar-refractivity contribution in [3.63, 3.8) is 0 Å². The third-order valence-electron chi connectivity index (χ3n) is 3.83. The van der Waals surface area contributed by atoms with E-state index in [9.17, 15) is 4.79 Å². The fourth-order valence-corrected chi connectivity index (χ4v) is 2.56. The second kappa shape index (κ2) is 5.60. The molecular weight excluding hydrogens is 262 g/mol. The number of benzene rings is 2. The highest BCUT2D eigenvalue weighted by Crippen LogP contribution is 2.34. The Labute approximate surface area is 125 Å². The number of aryl methyl sites for hydroxylation is 1. The van der Waals surface area contributed by atoms with Crippen LogP contribution in [0.3, 0.4) is 0 Å². The van der Waals surface area contributed by atoms with Crippen LogP contribution in [0.25, 0.3) is 0 Å². The van der Waals surface area contributed by atoms with Crippen molar-refractivity contribution in [2.75, 3.05) is 11.4 Å². The van der Waals surface area contributed by atoms with Crippen LogP contribution in [0.2, 0.25) is 0 Å². The van der Waals surface area contributed by atoms with Crippen LogP contribution < -0.4 is 9.64 Å². The third kappa shape index (κ3) is 2.64. The van der Waals surface area contributed by atoms with E-state index in [-0.39, 0.29) is 12.0 Å². The summed E-state index contributed by atoms with van der Waals surface area (Å²) in [7, 11) is 0. The fourth-order valence-electron chi connectivity index (χ4n) is 2.56. The minimum Gasteiger partial charge on any atom is -0.486 e. The normalized spacial score (nSPS) is 17.0. The number of carbonyl (C=O) groups is 1. The first-order chi connectivity index (χ1) is 10.2. The van der Waals surface area contributed by atoms with Crippen molar-refractivity contribution in [1.29, 1.82) is 0 Å². The van der Waals surface area contributed by atoms with E-state index in [1.54, 1.807) is 0 Å².